The van der Waals surface area contributed by atoms with E-state index in [4.69, 9.17) is 11.6 Å². The summed E-state index contributed by atoms with van der Waals surface area (Å²) in [5, 5.41) is 3.87. The van der Waals surface area contributed by atoms with Crippen LogP contribution in [0.15, 0.2) is 24.3 Å². The molecule has 0 spiro atoms. The second kappa shape index (κ2) is 9.16. The molecule has 0 atom stereocenters. The van der Waals surface area contributed by atoms with E-state index in [1.165, 1.54) is 18.4 Å². The normalized spacial score (nSPS) is 16.6. The van der Waals surface area contributed by atoms with Crippen molar-refractivity contribution in [1.82, 2.24) is 10.2 Å². The number of unbranched alkanes of at least 4 members (excludes halogenated alkanes) is 2. The van der Waals surface area contributed by atoms with Crippen molar-refractivity contribution >= 4 is 17.5 Å². The average molecular weight is 323 g/mol. The van der Waals surface area contributed by atoms with Gasteiger partial charge in [-0.25, -0.2) is 0 Å². The summed E-state index contributed by atoms with van der Waals surface area (Å²) >= 11 is 6.03. The monoisotopic (exact) mass is 322 g/mol. The number of rotatable bonds is 7. The van der Waals surface area contributed by atoms with Gasteiger partial charge in [-0.05, 0) is 50.0 Å². The zero-order chi connectivity index (χ0) is 15.8. The van der Waals surface area contributed by atoms with E-state index >= 15 is 0 Å². The van der Waals surface area contributed by atoms with Crippen LogP contribution in [0.2, 0.25) is 5.02 Å². The molecule has 4 heteroatoms. The van der Waals surface area contributed by atoms with Gasteiger partial charge in [-0.3, -0.25) is 9.69 Å². The van der Waals surface area contributed by atoms with Gasteiger partial charge in [-0.2, -0.15) is 0 Å². The predicted octanol–water partition coefficient (Wildman–Crippen LogP) is 3.86. The van der Waals surface area contributed by atoms with Crippen molar-refractivity contribution in [2.24, 2.45) is 5.92 Å². The Bertz CT molecular complexity index is 470. The van der Waals surface area contributed by atoms with E-state index in [-0.39, 0.29) is 11.8 Å². The Kier molecular flexibility index (Phi) is 7.20. The first kappa shape index (κ1) is 17.3. The zero-order valence-electron chi connectivity index (χ0n) is 13.5. The van der Waals surface area contributed by atoms with E-state index in [1.807, 2.05) is 18.2 Å². The summed E-state index contributed by atoms with van der Waals surface area (Å²) in [6.07, 6.45) is 5.40. The first-order valence-corrected chi connectivity index (χ1v) is 8.81. The van der Waals surface area contributed by atoms with Crippen LogP contribution >= 0.6 is 11.6 Å². The van der Waals surface area contributed by atoms with Crippen LogP contribution in [-0.4, -0.2) is 30.4 Å². The molecular formula is C18H27ClN2O. The number of benzene rings is 1. The first-order chi connectivity index (χ1) is 10.7. The molecule has 1 aromatic carbocycles. The van der Waals surface area contributed by atoms with Crippen molar-refractivity contribution in [1.29, 1.82) is 0 Å². The molecule has 0 radical (unpaired) electrons. The summed E-state index contributed by atoms with van der Waals surface area (Å²) in [7, 11) is 0. The molecule has 122 valence electrons. The quantitative estimate of drug-likeness (QED) is 0.773. The lowest BCUT2D eigenvalue weighted by atomic mass is 9.95. The lowest BCUT2D eigenvalue weighted by Gasteiger charge is -2.31. The van der Waals surface area contributed by atoms with E-state index < -0.39 is 0 Å². The van der Waals surface area contributed by atoms with E-state index in [0.717, 1.165) is 50.5 Å². The summed E-state index contributed by atoms with van der Waals surface area (Å²) in [5.74, 6) is 0.441. The topological polar surface area (TPSA) is 32.3 Å². The second-order valence-corrected chi connectivity index (χ2v) is 6.61. The summed E-state index contributed by atoms with van der Waals surface area (Å²) in [5.41, 5.74) is 1.25. The van der Waals surface area contributed by atoms with Gasteiger partial charge in [-0.1, -0.05) is 43.5 Å². The molecule has 1 aliphatic rings. The Morgan fingerprint density at radius 1 is 1.32 bits per heavy atom. The van der Waals surface area contributed by atoms with E-state index in [2.05, 4.69) is 23.2 Å². The largest absolute Gasteiger partial charge is 0.356 e. The summed E-state index contributed by atoms with van der Waals surface area (Å²) < 4.78 is 0. The molecule has 1 heterocycles. The fourth-order valence-corrected chi connectivity index (χ4v) is 3.19. The summed E-state index contributed by atoms with van der Waals surface area (Å²) in [6.45, 7) is 5.90. The lowest BCUT2D eigenvalue weighted by Crippen LogP contribution is -2.40. The van der Waals surface area contributed by atoms with Gasteiger partial charge in [0.25, 0.3) is 0 Å². The fraction of sp³-hybridized carbons (Fsp3) is 0.611. The smallest absolute Gasteiger partial charge is 0.223 e. The van der Waals surface area contributed by atoms with Gasteiger partial charge in [0.2, 0.25) is 5.91 Å². The molecule has 2 rings (SSSR count). The molecule has 0 saturated carbocycles. The number of piperidine rings is 1. The molecule has 0 aromatic heterocycles. The number of carbonyl (C=O) groups excluding carboxylic acids is 1. The zero-order valence-corrected chi connectivity index (χ0v) is 14.2. The standard InChI is InChI=1S/C18H27ClN2O/c1-2-3-4-10-20-18(22)16-8-11-21(12-9-16)14-15-6-5-7-17(19)13-15/h5-7,13,16H,2-4,8-12,14H2,1H3,(H,20,22). The highest BCUT2D eigenvalue weighted by Crippen LogP contribution is 2.20. The molecule has 1 saturated heterocycles. The van der Waals surface area contributed by atoms with Gasteiger partial charge in [0, 0.05) is 24.0 Å². The summed E-state index contributed by atoms with van der Waals surface area (Å²) in [6, 6.07) is 8.03. The number of carbonyl (C=O) groups is 1. The molecule has 22 heavy (non-hydrogen) atoms. The number of nitrogens with zero attached hydrogens (tertiary/aromatic N) is 1. The van der Waals surface area contributed by atoms with Gasteiger partial charge in [0.05, 0.1) is 0 Å². The highest BCUT2D eigenvalue weighted by atomic mass is 35.5. The second-order valence-electron chi connectivity index (χ2n) is 6.18. The van der Waals surface area contributed by atoms with Gasteiger partial charge >= 0.3 is 0 Å². The number of amides is 1. The van der Waals surface area contributed by atoms with Crippen molar-refractivity contribution in [2.75, 3.05) is 19.6 Å². The number of likely N-dealkylation sites (tertiary alicyclic amines) is 1. The van der Waals surface area contributed by atoms with Crippen molar-refractivity contribution in [3.63, 3.8) is 0 Å². The van der Waals surface area contributed by atoms with Crippen molar-refractivity contribution in [3.05, 3.63) is 34.9 Å². The Hall–Kier alpha value is -1.06. The highest BCUT2D eigenvalue weighted by Gasteiger charge is 2.24. The van der Waals surface area contributed by atoms with E-state index in [0.29, 0.717) is 0 Å². The Morgan fingerprint density at radius 2 is 2.09 bits per heavy atom. The lowest BCUT2D eigenvalue weighted by molar-refractivity contribution is -0.126. The van der Waals surface area contributed by atoms with Gasteiger partial charge in [0.1, 0.15) is 0 Å². The number of nitrogens with one attached hydrogen (secondary N) is 1. The maximum atomic E-state index is 12.1. The number of hydrogen-bond donors (Lipinski definition) is 1. The van der Waals surface area contributed by atoms with Crippen LogP contribution < -0.4 is 5.32 Å². The fourth-order valence-electron chi connectivity index (χ4n) is 2.98. The van der Waals surface area contributed by atoms with Crippen LogP contribution in [0.4, 0.5) is 0 Å². The minimum Gasteiger partial charge on any atom is -0.356 e. The molecule has 1 fully saturated rings. The third kappa shape index (κ3) is 5.62. The minimum atomic E-state index is 0.192. The molecule has 1 amide bonds. The van der Waals surface area contributed by atoms with Crippen LogP contribution in [0.1, 0.15) is 44.6 Å². The van der Waals surface area contributed by atoms with Crippen molar-refractivity contribution in [3.8, 4) is 0 Å². The average Bonchev–Trinajstić information content (AvgIpc) is 2.52. The predicted molar refractivity (Wildman–Crippen MR) is 92.0 cm³/mol. The van der Waals surface area contributed by atoms with Gasteiger partial charge < -0.3 is 5.32 Å². The van der Waals surface area contributed by atoms with E-state index in [9.17, 15) is 4.79 Å². The van der Waals surface area contributed by atoms with Crippen molar-refractivity contribution in [2.45, 2.75) is 45.6 Å². The van der Waals surface area contributed by atoms with E-state index in [1.54, 1.807) is 0 Å². The number of hydrogen-bond acceptors (Lipinski definition) is 2. The minimum absolute atomic E-state index is 0.192. The van der Waals surface area contributed by atoms with Gasteiger partial charge in [-0.15, -0.1) is 0 Å². The Labute approximate surface area is 139 Å². The van der Waals surface area contributed by atoms with Crippen molar-refractivity contribution < 1.29 is 4.79 Å². The molecule has 1 aromatic rings. The molecule has 1 aliphatic heterocycles. The van der Waals surface area contributed by atoms with Gasteiger partial charge in [0.15, 0.2) is 0 Å². The third-order valence-corrected chi connectivity index (χ3v) is 4.57. The first-order valence-electron chi connectivity index (χ1n) is 8.43. The maximum Gasteiger partial charge on any atom is 0.223 e. The molecule has 0 aliphatic carbocycles. The summed E-state index contributed by atoms with van der Waals surface area (Å²) in [4.78, 5) is 14.5. The van der Waals surface area contributed by atoms with Crippen LogP contribution in [-0.2, 0) is 11.3 Å². The van der Waals surface area contributed by atoms with Crippen LogP contribution in [0.3, 0.4) is 0 Å². The van der Waals surface area contributed by atoms with Crippen LogP contribution in [0.5, 0.6) is 0 Å². The number of halogens is 1. The molecule has 1 N–H and O–H groups in total. The Balaban J connectivity index is 1.70. The SMILES string of the molecule is CCCCCNC(=O)C1CCN(Cc2cccc(Cl)c2)CC1. The maximum absolute atomic E-state index is 12.1. The molecule has 3 nitrogen and oxygen atoms in total. The molecular weight excluding hydrogens is 296 g/mol. The third-order valence-electron chi connectivity index (χ3n) is 4.33. The highest BCUT2D eigenvalue weighted by molar-refractivity contribution is 6.30. The Morgan fingerprint density at radius 3 is 2.77 bits per heavy atom. The molecule has 0 bridgehead atoms. The molecule has 0 unspecified atom stereocenters. The van der Waals surface area contributed by atoms with Crippen LogP contribution in [0.25, 0.3) is 0 Å². The van der Waals surface area contributed by atoms with Crippen LogP contribution in [0, 0.1) is 5.92 Å².